The molecule has 1 aliphatic carbocycles. The predicted molar refractivity (Wildman–Crippen MR) is 247 cm³/mol. The number of hydrogen-bond donors (Lipinski definition) is 4. The van der Waals surface area contributed by atoms with Crippen LogP contribution in [0.25, 0.3) is 10.8 Å². The van der Waals surface area contributed by atoms with Crippen molar-refractivity contribution in [2.75, 3.05) is 20.8 Å². The van der Waals surface area contributed by atoms with Gasteiger partial charge in [-0.25, -0.2) is 4.79 Å². The molecule has 3 aliphatic heterocycles. The number of esters is 1. The molecule has 3 fully saturated rings. The molecule has 364 valence electrons. The number of amides is 1. The Hall–Kier alpha value is -4.18. The van der Waals surface area contributed by atoms with E-state index in [9.17, 15) is 39.6 Å². The molecule has 1 amide bonds. The Morgan fingerprint density at radius 3 is 2.27 bits per heavy atom. The summed E-state index contributed by atoms with van der Waals surface area (Å²) >= 11 is 0. The molecule has 4 aliphatic rings. The molecule has 2 aromatic carbocycles. The summed E-state index contributed by atoms with van der Waals surface area (Å²) in [7, 11) is 3.06. The lowest BCUT2D eigenvalue weighted by Gasteiger charge is -2.47. The third kappa shape index (κ3) is 11.7. The fourth-order valence-corrected chi connectivity index (χ4v) is 10.7. The lowest BCUT2D eigenvalue weighted by atomic mass is 9.81. The van der Waals surface area contributed by atoms with Crippen molar-refractivity contribution in [3.05, 3.63) is 59.7 Å². The lowest BCUT2D eigenvalue weighted by molar-refractivity contribution is -0.302. The van der Waals surface area contributed by atoms with Crippen molar-refractivity contribution < 1.29 is 63.3 Å². The molecule has 6 rings (SSSR count). The molecule has 14 heteroatoms. The van der Waals surface area contributed by atoms with E-state index in [1.807, 2.05) is 51.1 Å². The first-order valence-corrected chi connectivity index (χ1v) is 24.0. The number of fused-ring (bicyclic) bond motifs is 4. The second-order valence-electron chi connectivity index (χ2n) is 19.7. The highest BCUT2D eigenvalue weighted by Gasteiger charge is 2.56. The van der Waals surface area contributed by atoms with Gasteiger partial charge in [0, 0.05) is 44.9 Å². The van der Waals surface area contributed by atoms with Crippen molar-refractivity contribution in [1.82, 2.24) is 4.90 Å². The molecule has 3 heterocycles. The third-order valence-corrected chi connectivity index (χ3v) is 14.7. The van der Waals surface area contributed by atoms with Gasteiger partial charge in [-0.15, -0.1) is 0 Å². The standard InChI is InChI=1S/C52H73NO13/c1-9-35-21-29(2)20-30(3)22-45(62-7)48-46(63-8)24-32(5)52(61,66-48)49(58)50(59)53-19-11-10-12-40(53)51(60)65-47(33(6)41(55)28-42(35)56)31(4)23-34-13-18-44(43(57)25-34)64-39-17-15-36-26-38(54)16-14-37(36)27-39/h14-17,21,23,26-27,30,32-35,40-41,43-48,54-55,57,61H,9-13,18-20,22,24-25,28H2,1-8H3/b29-21+,31-23?. The predicted octanol–water partition coefficient (Wildman–Crippen LogP) is 6.76. The summed E-state index contributed by atoms with van der Waals surface area (Å²) < 4.78 is 30.6. The number of carbonyl (C=O) groups is 4. The van der Waals surface area contributed by atoms with E-state index in [2.05, 4.69) is 0 Å². The summed E-state index contributed by atoms with van der Waals surface area (Å²) in [4.78, 5) is 58.3. The number of rotatable bonds is 7. The molecular weight excluding hydrogens is 847 g/mol. The fraction of sp³-hybridized carbons (Fsp3) is 0.654. The molecule has 14 atom stereocenters. The van der Waals surface area contributed by atoms with Crippen molar-refractivity contribution in [3.63, 3.8) is 0 Å². The molecular formula is C52H73NO13. The fourth-order valence-electron chi connectivity index (χ4n) is 10.7. The Labute approximate surface area is 389 Å². The Balaban J connectivity index is 1.29. The van der Waals surface area contributed by atoms with Gasteiger partial charge in [0.15, 0.2) is 0 Å². The van der Waals surface area contributed by atoms with E-state index in [0.717, 1.165) is 16.3 Å². The van der Waals surface area contributed by atoms with E-state index < -0.39 is 90.0 Å². The minimum Gasteiger partial charge on any atom is -0.508 e. The van der Waals surface area contributed by atoms with Crippen LogP contribution in [-0.4, -0.2) is 124 Å². The second kappa shape index (κ2) is 22.3. The Kier molecular flexibility index (Phi) is 17.3. The van der Waals surface area contributed by atoms with Crippen LogP contribution in [-0.2, 0) is 38.1 Å². The van der Waals surface area contributed by atoms with E-state index in [1.54, 1.807) is 39.0 Å². The quantitative estimate of drug-likeness (QED) is 0.129. The van der Waals surface area contributed by atoms with Gasteiger partial charge in [0.1, 0.15) is 41.6 Å². The van der Waals surface area contributed by atoms with E-state index in [-0.39, 0.29) is 49.2 Å². The van der Waals surface area contributed by atoms with Crippen LogP contribution in [0.15, 0.2) is 59.7 Å². The van der Waals surface area contributed by atoms with Gasteiger partial charge >= 0.3 is 5.97 Å². The largest absolute Gasteiger partial charge is 0.508 e. The van der Waals surface area contributed by atoms with Crippen molar-refractivity contribution in [2.45, 2.75) is 167 Å². The zero-order valence-electron chi connectivity index (χ0n) is 40.0. The van der Waals surface area contributed by atoms with Gasteiger partial charge in [0.2, 0.25) is 5.79 Å². The molecule has 2 aromatic rings. The number of cyclic esters (lactones) is 1. The van der Waals surface area contributed by atoms with Gasteiger partial charge in [0.25, 0.3) is 11.7 Å². The van der Waals surface area contributed by atoms with Crippen LogP contribution in [0.1, 0.15) is 112 Å². The van der Waals surface area contributed by atoms with Crippen molar-refractivity contribution >= 4 is 34.2 Å². The summed E-state index contributed by atoms with van der Waals surface area (Å²) in [6, 6.07) is 9.47. The van der Waals surface area contributed by atoms with Gasteiger partial charge in [-0.1, -0.05) is 57.6 Å². The number of carbonyl (C=O) groups excluding carboxylic acids is 4. The molecule has 0 spiro atoms. The number of ether oxygens (including phenoxy) is 5. The van der Waals surface area contributed by atoms with Crippen LogP contribution >= 0.6 is 0 Å². The number of phenolic OH excluding ortho intramolecular Hbond substituents is 1. The lowest BCUT2D eigenvalue weighted by Crippen LogP contribution is -2.64. The zero-order valence-corrected chi connectivity index (χ0v) is 40.0. The highest BCUT2D eigenvalue weighted by atomic mass is 16.7. The Morgan fingerprint density at radius 2 is 1.58 bits per heavy atom. The number of aliphatic hydroxyl groups is 3. The minimum absolute atomic E-state index is 0.0161. The van der Waals surface area contributed by atoms with E-state index in [4.69, 9.17) is 23.7 Å². The van der Waals surface area contributed by atoms with E-state index in [1.165, 1.54) is 19.1 Å². The normalized spacial score (nSPS) is 37.0. The maximum Gasteiger partial charge on any atom is 0.329 e. The van der Waals surface area contributed by atoms with Crippen LogP contribution < -0.4 is 4.74 Å². The molecule has 14 nitrogen and oxygen atoms in total. The molecule has 2 saturated heterocycles. The Bertz CT molecular complexity index is 2100. The van der Waals surface area contributed by atoms with Gasteiger partial charge in [-0.05, 0) is 131 Å². The summed E-state index contributed by atoms with van der Waals surface area (Å²) in [6.07, 6.45) is 2.73. The number of hydrogen-bond acceptors (Lipinski definition) is 13. The van der Waals surface area contributed by atoms with Crippen molar-refractivity contribution in [1.29, 1.82) is 0 Å². The van der Waals surface area contributed by atoms with Crippen LogP contribution in [0.5, 0.6) is 11.5 Å². The average molecular weight is 920 g/mol. The average Bonchev–Trinajstić information content (AvgIpc) is 3.29. The monoisotopic (exact) mass is 920 g/mol. The van der Waals surface area contributed by atoms with Crippen LogP contribution in [0.2, 0.25) is 0 Å². The highest BCUT2D eigenvalue weighted by molar-refractivity contribution is 6.39. The number of aliphatic hydroxyl groups excluding tert-OH is 2. The molecule has 1 saturated carbocycles. The summed E-state index contributed by atoms with van der Waals surface area (Å²) in [5.74, 6) is -7.10. The Morgan fingerprint density at radius 1 is 0.879 bits per heavy atom. The maximum absolute atomic E-state index is 14.5. The number of benzene rings is 2. The summed E-state index contributed by atoms with van der Waals surface area (Å²) in [5.41, 5.74) is 1.59. The van der Waals surface area contributed by atoms with E-state index in [0.29, 0.717) is 62.7 Å². The van der Waals surface area contributed by atoms with Gasteiger partial charge in [0.05, 0.1) is 24.4 Å². The first kappa shape index (κ1) is 51.2. The van der Waals surface area contributed by atoms with Gasteiger partial charge in [-0.2, -0.15) is 0 Å². The first-order chi connectivity index (χ1) is 31.4. The topological polar surface area (TPSA) is 199 Å². The van der Waals surface area contributed by atoms with Gasteiger partial charge < -0.3 is 49.0 Å². The number of allylic oxidation sites excluding steroid dienone is 3. The number of Topliss-reactive ketones (excluding diaryl/α,β-unsaturated/α-hetero) is 2. The number of methoxy groups -OCH3 is 2. The SMILES string of the molecule is CCC1/C=C(\C)CC(C)CC(OC)C2OC(O)(C(=O)C(=O)N3CCCCC3C(=O)OC(C(C)=CC3CCC(Oc4ccc5cc(O)ccc5c4)C(O)C3)C(C)C(O)CC1=O)C(C)CC2OC. The van der Waals surface area contributed by atoms with Crippen molar-refractivity contribution in [3.8, 4) is 11.5 Å². The zero-order chi connectivity index (χ0) is 48.0. The minimum atomic E-state index is -2.53. The molecule has 0 aromatic heterocycles. The molecule has 2 bridgehead atoms. The number of piperidine rings is 1. The summed E-state index contributed by atoms with van der Waals surface area (Å²) in [6.45, 7) is 11.2. The number of aromatic hydroxyl groups is 1. The number of nitrogens with zero attached hydrogens (tertiary/aromatic N) is 1. The maximum atomic E-state index is 14.5. The number of ketones is 2. The van der Waals surface area contributed by atoms with Crippen molar-refractivity contribution in [2.24, 2.45) is 29.6 Å². The van der Waals surface area contributed by atoms with Crippen LogP contribution in [0.3, 0.4) is 0 Å². The summed E-state index contributed by atoms with van der Waals surface area (Å²) in [5, 5.41) is 46.9. The smallest absolute Gasteiger partial charge is 0.329 e. The molecule has 66 heavy (non-hydrogen) atoms. The van der Waals surface area contributed by atoms with Crippen LogP contribution in [0.4, 0.5) is 0 Å². The molecule has 14 unspecified atom stereocenters. The molecule has 0 radical (unpaired) electrons. The third-order valence-electron chi connectivity index (χ3n) is 14.7. The first-order valence-electron chi connectivity index (χ1n) is 24.0. The second-order valence-corrected chi connectivity index (χ2v) is 19.7. The van der Waals surface area contributed by atoms with Crippen LogP contribution in [0, 0.1) is 29.6 Å². The van der Waals surface area contributed by atoms with Gasteiger partial charge in [-0.3, -0.25) is 14.4 Å². The van der Waals surface area contributed by atoms with E-state index >= 15 is 0 Å². The number of phenols is 1. The highest BCUT2D eigenvalue weighted by Crippen LogP contribution is 2.40. The molecule has 4 N–H and O–H groups in total.